The first-order valence-corrected chi connectivity index (χ1v) is 18.8. The Bertz CT molecular complexity index is 2830. The molecule has 2 aromatic heterocycles. The smallest absolute Gasteiger partial charge is 0.164 e. The minimum absolute atomic E-state index is 0.608. The number of aromatic nitrogens is 4. The second kappa shape index (κ2) is 12.8. The van der Waals surface area contributed by atoms with Crippen LogP contribution in [-0.2, 0) is 5.41 Å². The van der Waals surface area contributed by atoms with E-state index < -0.39 is 5.41 Å². The molecule has 5 nitrogen and oxygen atoms in total. The van der Waals surface area contributed by atoms with Crippen molar-refractivity contribution in [2.75, 3.05) is 0 Å². The molecule has 7 aromatic carbocycles. The van der Waals surface area contributed by atoms with Crippen molar-refractivity contribution in [3.8, 4) is 79.2 Å². The van der Waals surface area contributed by atoms with E-state index in [4.69, 9.17) is 24.7 Å². The maximum atomic E-state index is 6.81. The van der Waals surface area contributed by atoms with Gasteiger partial charge in [-0.15, -0.1) is 0 Å². The van der Waals surface area contributed by atoms with E-state index in [9.17, 15) is 0 Å². The van der Waals surface area contributed by atoms with Gasteiger partial charge in [-0.2, -0.15) is 0 Å². The molecule has 262 valence electrons. The lowest BCUT2D eigenvalue weighted by molar-refractivity contribution is 0.436. The van der Waals surface area contributed by atoms with E-state index in [0.29, 0.717) is 17.5 Å². The normalized spacial score (nSPS) is 12.9. The van der Waals surface area contributed by atoms with Gasteiger partial charge in [-0.1, -0.05) is 146 Å². The number of fused-ring (bicyclic) bond motifs is 9. The molecule has 0 fully saturated rings. The number of hydrogen-bond donors (Lipinski definition) is 0. The van der Waals surface area contributed by atoms with Gasteiger partial charge in [-0.3, -0.25) is 4.98 Å². The monoisotopic (exact) mass is 716 g/mol. The van der Waals surface area contributed by atoms with Gasteiger partial charge in [0.25, 0.3) is 0 Å². The third-order valence-electron chi connectivity index (χ3n) is 11.1. The van der Waals surface area contributed by atoms with Crippen molar-refractivity contribution >= 4 is 0 Å². The van der Waals surface area contributed by atoms with Crippen LogP contribution in [0.4, 0.5) is 0 Å². The lowest BCUT2D eigenvalue weighted by Crippen LogP contribution is -2.32. The molecule has 3 heterocycles. The van der Waals surface area contributed by atoms with E-state index >= 15 is 0 Å². The highest BCUT2D eigenvalue weighted by atomic mass is 16.5. The zero-order chi connectivity index (χ0) is 37.1. The minimum Gasteiger partial charge on any atom is -0.457 e. The Balaban J connectivity index is 1.06. The van der Waals surface area contributed by atoms with Crippen molar-refractivity contribution in [1.29, 1.82) is 0 Å². The van der Waals surface area contributed by atoms with Crippen molar-refractivity contribution in [2.24, 2.45) is 0 Å². The molecule has 56 heavy (non-hydrogen) atoms. The molecule has 1 aliphatic carbocycles. The van der Waals surface area contributed by atoms with E-state index in [-0.39, 0.29) is 0 Å². The zero-order valence-corrected chi connectivity index (χ0v) is 30.2. The highest BCUT2D eigenvalue weighted by Crippen LogP contribution is 2.62. The molecule has 1 aliphatic heterocycles. The molecule has 0 radical (unpaired) electrons. The van der Waals surface area contributed by atoms with Crippen LogP contribution in [0.15, 0.2) is 194 Å². The SMILES string of the molecule is c1ccc(-c2nc(-c3ccccc3)nc(-c3ccc(-c4ccc5c(c4)C4(c6cc(-c7ccccn7)ccc6O5)c5ccccc5-c5ccccc54)cc3)n2)cc1. The van der Waals surface area contributed by atoms with E-state index in [2.05, 4.69) is 115 Å². The minimum atomic E-state index is -0.608. The van der Waals surface area contributed by atoms with Crippen molar-refractivity contribution in [3.05, 3.63) is 217 Å². The van der Waals surface area contributed by atoms with E-state index in [1.807, 2.05) is 79.0 Å². The third kappa shape index (κ3) is 5.02. The molecule has 0 amide bonds. The molecule has 5 heteroatoms. The molecule has 0 bridgehead atoms. The number of hydrogen-bond acceptors (Lipinski definition) is 5. The van der Waals surface area contributed by atoms with Gasteiger partial charge in [0.2, 0.25) is 0 Å². The quantitative estimate of drug-likeness (QED) is 0.177. The third-order valence-corrected chi connectivity index (χ3v) is 11.1. The summed E-state index contributed by atoms with van der Waals surface area (Å²) >= 11 is 0. The maximum Gasteiger partial charge on any atom is 0.164 e. The Morgan fingerprint density at radius 1 is 0.339 bits per heavy atom. The Labute approximate surface area is 324 Å². The van der Waals surface area contributed by atoms with Gasteiger partial charge in [0.05, 0.1) is 11.1 Å². The summed E-state index contributed by atoms with van der Waals surface area (Å²) in [5.74, 6) is 3.61. The highest BCUT2D eigenvalue weighted by molar-refractivity contribution is 5.90. The Hall–Kier alpha value is -7.50. The van der Waals surface area contributed by atoms with E-state index in [0.717, 1.165) is 61.7 Å². The summed E-state index contributed by atoms with van der Waals surface area (Å²) in [5, 5.41) is 0. The maximum absolute atomic E-state index is 6.81. The van der Waals surface area contributed by atoms with Crippen LogP contribution < -0.4 is 4.74 Å². The van der Waals surface area contributed by atoms with Gasteiger partial charge in [-0.25, -0.2) is 15.0 Å². The molecule has 11 rings (SSSR count). The van der Waals surface area contributed by atoms with Crippen LogP contribution in [0.2, 0.25) is 0 Å². The van der Waals surface area contributed by atoms with Gasteiger partial charge in [0, 0.05) is 39.6 Å². The van der Waals surface area contributed by atoms with Gasteiger partial charge in [-0.05, 0) is 75.8 Å². The van der Waals surface area contributed by atoms with E-state index in [1.165, 1.54) is 22.3 Å². The average molecular weight is 717 g/mol. The molecular weight excluding hydrogens is 685 g/mol. The highest BCUT2D eigenvalue weighted by Gasteiger charge is 2.51. The van der Waals surface area contributed by atoms with Crippen LogP contribution in [0.25, 0.3) is 67.7 Å². The first-order valence-electron chi connectivity index (χ1n) is 18.8. The topological polar surface area (TPSA) is 60.8 Å². The number of rotatable bonds is 5. The van der Waals surface area contributed by atoms with Crippen molar-refractivity contribution < 1.29 is 4.74 Å². The zero-order valence-electron chi connectivity index (χ0n) is 30.2. The van der Waals surface area contributed by atoms with Crippen LogP contribution in [0, 0.1) is 0 Å². The molecule has 0 saturated carbocycles. The Morgan fingerprint density at radius 3 is 1.34 bits per heavy atom. The number of ether oxygens (including phenoxy) is 1. The summed E-state index contributed by atoms with van der Waals surface area (Å²) < 4.78 is 6.81. The summed E-state index contributed by atoms with van der Waals surface area (Å²) in [6.45, 7) is 0. The van der Waals surface area contributed by atoms with Crippen molar-refractivity contribution in [1.82, 2.24) is 19.9 Å². The molecule has 0 unspecified atom stereocenters. The fourth-order valence-corrected chi connectivity index (χ4v) is 8.52. The van der Waals surface area contributed by atoms with Crippen LogP contribution in [-0.4, -0.2) is 19.9 Å². The molecule has 0 atom stereocenters. The molecule has 1 spiro atoms. The standard InChI is InChI=1S/C51H32N4O/c1-3-13-34(14-4-1)48-53-49(35-15-5-2-6-16-35)55-50(54-48)36-24-22-33(23-25-36)37-26-28-46-43(31-37)51(41-19-9-7-17-39(41)40-18-8-10-20-42(40)51)44-32-38(27-29-47(44)56-46)45-21-11-12-30-52-45/h1-32H. The lowest BCUT2D eigenvalue weighted by atomic mass is 9.65. The van der Waals surface area contributed by atoms with Gasteiger partial charge in [0.15, 0.2) is 17.5 Å². The van der Waals surface area contributed by atoms with Crippen LogP contribution in [0.1, 0.15) is 22.3 Å². The first-order chi connectivity index (χ1) is 27.7. The van der Waals surface area contributed by atoms with Gasteiger partial charge >= 0.3 is 0 Å². The average Bonchev–Trinajstić information content (AvgIpc) is 3.58. The summed E-state index contributed by atoms with van der Waals surface area (Å²) in [4.78, 5) is 19.5. The molecule has 2 aliphatic rings. The first kappa shape index (κ1) is 32.0. The molecule has 9 aromatic rings. The largest absolute Gasteiger partial charge is 0.457 e. The lowest BCUT2D eigenvalue weighted by Gasteiger charge is -2.40. The number of pyridine rings is 1. The fourth-order valence-electron chi connectivity index (χ4n) is 8.52. The predicted octanol–water partition coefficient (Wildman–Crippen LogP) is 12.1. The van der Waals surface area contributed by atoms with Crippen LogP contribution in [0.3, 0.4) is 0 Å². The van der Waals surface area contributed by atoms with Crippen LogP contribution in [0.5, 0.6) is 11.5 Å². The molecule has 0 saturated heterocycles. The Kier molecular flexibility index (Phi) is 7.32. The Morgan fingerprint density at radius 2 is 0.786 bits per heavy atom. The second-order valence-corrected chi connectivity index (χ2v) is 14.2. The van der Waals surface area contributed by atoms with Crippen molar-refractivity contribution in [2.45, 2.75) is 5.41 Å². The number of benzene rings is 7. The summed E-state index contributed by atoms with van der Waals surface area (Å²) in [6, 6.07) is 65.5. The summed E-state index contributed by atoms with van der Waals surface area (Å²) in [6.07, 6.45) is 1.85. The summed E-state index contributed by atoms with van der Waals surface area (Å²) in [7, 11) is 0. The second-order valence-electron chi connectivity index (χ2n) is 14.2. The van der Waals surface area contributed by atoms with Gasteiger partial charge < -0.3 is 4.74 Å². The fraction of sp³-hybridized carbons (Fsp3) is 0.0196. The van der Waals surface area contributed by atoms with Gasteiger partial charge in [0.1, 0.15) is 11.5 Å². The summed E-state index contributed by atoms with van der Waals surface area (Å²) in [5.41, 5.74) is 13.5. The number of nitrogens with zero attached hydrogens (tertiary/aromatic N) is 4. The molecule has 0 N–H and O–H groups in total. The molecular formula is C51H32N4O. The van der Waals surface area contributed by atoms with Crippen molar-refractivity contribution in [3.63, 3.8) is 0 Å². The van der Waals surface area contributed by atoms with Crippen LogP contribution >= 0.6 is 0 Å². The predicted molar refractivity (Wildman–Crippen MR) is 222 cm³/mol. The van der Waals surface area contributed by atoms with E-state index in [1.54, 1.807) is 0 Å².